The van der Waals surface area contributed by atoms with E-state index in [1.165, 1.54) is 18.2 Å². The fourth-order valence-electron chi connectivity index (χ4n) is 2.34. The summed E-state index contributed by atoms with van der Waals surface area (Å²) in [5.41, 5.74) is 1.31. The second-order valence-corrected chi connectivity index (χ2v) is 6.17. The lowest BCUT2D eigenvalue weighted by atomic mass is 10.1. The monoisotopic (exact) mass is 408 g/mol. The molecule has 0 aliphatic carbocycles. The summed E-state index contributed by atoms with van der Waals surface area (Å²) in [5, 5.41) is 15.5. The van der Waals surface area contributed by atoms with Crippen LogP contribution in [0.25, 0.3) is 0 Å². The molecule has 0 fully saturated rings. The van der Waals surface area contributed by atoms with Crippen LogP contribution in [-0.2, 0) is 9.53 Å². The van der Waals surface area contributed by atoms with E-state index in [1.54, 1.807) is 7.11 Å². The third-order valence-electron chi connectivity index (χ3n) is 3.59. The molecule has 8 heteroatoms. The number of nitro groups is 1. The number of hydrogen-bond acceptors (Lipinski definition) is 4. The Kier molecular flexibility index (Phi) is 7.05. The van der Waals surface area contributed by atoms with Crippen molar-refractivity contribution in [2.45, 2.75) is 6.04 Å². The molecule has 0 aromatic heterocycles. The number of non-ortho nitro benzene ring substituents is 1. The third-order valence-corrected chi connectivity index (χ3v) is 4.24. The number of amides is 1. The van der Waals surface area contributed by atoms with Gasteiger partial charge in [0.05, 0.1) is 17.2 Å². The number of nitrogens with one attached hydrogen (secondary N) is 1. The van der Waals surface area contributed by atoms with E-state index in [1.807, 2.05) is 35.6 Å². The zero-order chi connectivity index (χ0) is 18.2. The summed E-state index contributed by atoms with van der Waals surface area (Å²) in [4.78, 5) is 23.1. The summed E-state index contributed by atoms with van der Waals surface area (Å²) in [6.45, 7) is 1.16. The predicted molar refractivity (Wildman–Crippen MR) is 97.3 cm³/mol. The molecule has 7 nitrogen and oxygen atoms in total. The van der Waals surface area contributed by atoms with Gasteiger partial charge < -0.3 is 15.4 Å². The van der Waals surface area contributed by atoms with Gasteiger partial charge >= 0.3 is 0 Å². The molecule has 0 radical (unpaired) electrons. The molecule has 0 unspecified atom stereocenters. The first kappa shape index (κ1) is 19.0. The van der Waals surface area contributed by atoms with Crippen molar-refractivity contribution < 1.29 is 19.8 Å². The first-order chi connectivity index (χ1) is 12.0. The molecule has 2 rings (SSSR count). The van der Waals surface area contributed by atoms with Crippen LogP contribution >= 0.6 is 15.9 Å². The van der Waals surface area contributed by atoms with Gasteiger partial charge in [0.25, 0.3) is 11.6 Å². The van der Waals surface area contributed by atoms with Gasteiger partial charge in [-0.2, -0.15) is 0 Å². The van der Waals surface area contributed by atoms with Crippen LogP contribution in [0.1, 0.15) is 11.6 Å². The van der Waals surface area contributed by atoms with E-state index in [2.05, 4.69) is 21.2 Å². The number of nitrogens with two attached hydrogens (primary N) is 1. The highest BCUT2D eigenvalue weighted by Gasteiger charge is 2.24. The van der Waals surface area contributed by atoms with Crippen LogP contribution in [0.5, 0.6) is 0 Å². The molecule has 3 N–H and O–H groups in total. The average Bonchev–Trinajstić information content (AvgIpc) is 2.61. The van der Waals surface area contributed by atoms with Crippen LogP contribution in [0.2, 0.25) is 0 Å². The lowest BCUT2D eigenvalue weighted by Crippen LogP contribution is -2.88. The second-order valence-electron chi connectivity index (χ2n) is 5.32. The van der Waals surface area contributed by atoms with Crippen molar-refractivity contribution in [3.63, 3.8) is 0 Å². The molecule has 0 bridgehead atoms. The van der Waals surface area contributed by atoms with Crippen LogP contribution in [0, 0.1) is 10.1 Å². The van der Waals surface area contributed by atoms with Crippen molar-refractivity contribution in [2.24, 2.45) is 0 Å². The van der Waals surface area contributed by atoms with Gasteiger partial charge in [0, 0.05) is 29.3 Å². The quantitative estimate of drug-likeness (QED) is 0.397. The summed E-state index contributed by atoms with van der Waals surface area (Å²) < 4.78 is 5.50. The number of carbonyl (C=O) groups is 1. The highest BCUT2D eigenvalue weighted by atomic mass is 79.9. The van der Waals surface area contributed by atoms with E-state index < -0.39 is 11.0 Å². The zero-order valence-electron chi connectivity index (χ0n) is 13.6. The van der Waals surface area contributed by atoms with E-state index in [0.29, 0.717) is 23.3 Å². The smallest absolute Gasteiger partial charge is 0.287 e. The maximum Gasteiger partial charge on any atom is 0.287 e. The largest absolute Gasteiger partial charge is 0.379 e. The molecule has 0 saturated carbocycles. The Morgan fingerprint density at radius 2 is 2.04 bits per heavy atom. The highest BCUT2D eigenvalue weighted by Crippen LogP contribution is 2.27. The van der Waals surface area contributed by atoms with Crippen LogP contribution in [-0.4, -0.2) is 31.1 Å². The molecular formula is C17H19BrN3O4+. The first-order valence-electron chi connectivity index (χ1n) is 7.65. The normalized spacial score (nSPS) is 11.8. The molecule has 1 amide bonds. The lowest BCUT2D eigenvalue weighted by Gasteiger charge is -2.16. The molecule has 2 aromatic rings. The van der Waals surface area contributed by atoms with Crippen LogP contribution < -0.4 is 10.6 Å². The van der Waals surface area contributed by atoms with Crippen LogP contribution in [0.4, 0.5) is 11.4 Å². The molecule has 132 valence electrons. The Labute approximate surface area is 153 Å². The molecule has 1 atom stereocenters. The Morgan fingerprint density at radius 1 is 1.32 bits per heavy atom. The standard InChI is InChI=1S/C17H18BrN3O4/c1-25-10-9-19-16(12-5-3-2-4-6-12)17(22)20-15-8-7-13(21(23)24)11-14(15)18/h2-8,11,16,19H,9-10H2,1H3,(H,20,22)/p+1/t16-/m1/s1. The summed E-state index contributed by atoms with van der Waals surface area (Å²) in [6, 6.07) is 13.2. The molecule has 0 spiro atoms. The van der Waals surface area contributed by atoms with Crippen molar-refractivity contribution >= 4 is 33.2 Å². The van der Waals surface area contributed by atoms with Gasteiger partial charge in [0.2, 0.25) is 0 Å². The van der Waals surface area contributed by atoms with Gasteiger partial charge in [0.15, 0.2) is 6.04 Å². The van der Waals surface area contributed by atoms with E-state index >= 15 is 0 Å². The molecule has 0 saturated heterocycles. The number of methoxy groups -OCH3 is 1. The fourth-order valence-corrected chi connectivity index (χ4v) is 2.80. The zero-order valence-corrected chi connectivity index (χ0v) is 15.2. The van der Waals surface area contributed by atoms with Gasteiger partial charge in [-0.1, -0.05) is 30.3 Å². The lowest BCUT2D eigenvalue weighted by molar-refractivity contribution is -0.683. The highest BCUT2D eigenvalue weighted by molar-refractivity contribution is 9.10. The maximum absolute atomic E-state index is 12.7. The number of quaternary nitrogens is 1. The first-order valence-corrected chi connectivity index (χ1v) is 8.44. The number of nitro benzene ring substituents is 1. The molecular weight excluding hydrogens is 390 g/mol. The summed E-state index contributed by atoms with van der Waals surface area (Å²) in [7, 11) is 1.61. The minimum Gasteiger partial charge on any atom is -0.379 e. The van der Waals surface area contributed by atoms with Crippen molar-refractivity contribution in [2.75, 3.05) is 25.6 Å². The second kappa shape index (κ2) is 9.26. The number of halogens is 1. The number of rotatable bonds is 8. The SMILES string of the molecule is COCC[NH2+][C@@H](C(=O)Nc1ccc([N+](=O)[O-])cc1Br)c1ccccc1. The Morgan fingerprint density at radius 3 is 2.64 bits per heavy atom. The molecule has 0 heterocycles. The number of benzene rings is 2. The minimum atomic E-state index is -0.484. The van der Waals surface area contributed by atoms with Crippen molar-refractivity contribution in [3.8, 4) is 0 Å². The van der Waals surface area contributed by atoms with E-state index in [9.17, 15) is 14.9 Å². The molecule has 0 aliphatic rings. The number of carbonyl (C=O) groups excluding carboxylic acids is 1. The topological polar surface area (TPSA) is 98.1 Å². The number of hydrogen-bond donors (Lipinski definition) is 2. The summed E-state index contributed by atoms with van der Waals surface area (Å²) >= 11 is 3.26. The third kappa shape index (κ3) is 5.35. The minimum absolute atomic E-state index is 0.0452. The van der Waals surface area contributed by atoms with Gasteiger partial charge in [-0.05, 0) is 22.0 Å². The fraction of sp³-hybridized carbons (Fsp3) is 0.235. The molecule has 2 aromatic carbocycles. The number of ether oxygens (including phenoxy) is 1. The van der Waals surface area contributed by atoms with E-state index in [-0.39, 0.29) is 11.6 Å². The summed E-state index contributed by atoms with van der Waals surface area (Å²) in [5.74, 6) is -0.211. The van der Waals surface area contributed by atoms with Crippen LogP contribution in [0.3, 0.4) is 0 Å². The van der Waals surface area contributed by atoms with Crippen molar-refractivity contribution in [1.82, 2.24) is 0 Å². The molecule has 0 aliphatic heterocycles. The van der Waals surface area contributed by atoms with Gasteiger partial charge in [0.1, 0.15) is 6.54 Å². The Bertz CT molecular complexity index is 740. The Hall–Kier alpha value is -2.29. The van der Waals surface area contributed by atoms with E-state index in [0.717, 1.165) is 5.56 Å². The van der Waals surface area contributed by atoms with Gasteiger partial charge in [-0.25, -0.2) is 0 Å². The summed E-state index contributed by atoms with van der Waals surface area (Å²) in [6.07, 6.45) is 0. The van der Waals surface area contributed by atoms with E-state index in [4.69, 9.17) is 4.74 Å². The van der Waals surface area contributed by atoms with Gasteiger partial charge in [-0.15, -0.1) is 0 Å². The maximum atomic E-state index is 12.7. The van der Waals surface area contributed by atoms with Gasteiger partial charge in [-0.3, -0.25) is 14.9 Å². The Balaban J connectivity index is 2.17. The predicted octanol–water partition coefficient (Wildman–Crippen LogP) is 2.25. The number of nitrogens with zero attached hydrogens (tertiary/aromatic N) is 1. The van der Waals surface area contributed by atoms with Crippen molar-refractivity contribution in [3.05, 3.63) is 68.7 Å². The van der Waals surface area contributed by atoms with Crippen molar-refractivity contribution in [1.29, 1.82) is 0 Å². The van der Waals surface area contributed by atoms with Crippen LogP contribution in [0.15, 0.2) is 53.0 Å². The number of anilines is 1. The average molecular weight is 409 g/mol. The molecule has 25 heavy (non-hydrogen) atoms.